The van der Waals surface area contributed by atoms with Crippen molar-refractivity contribution in [3.63, 3.8) is 0 Å². The Morgan fingerprint density at radius 3 is 1.48 bits per heavy atom. The van der Waals surface area contributed by atoms with Crippen LogP contribution >= 0.6 is 7.05 Å². The van der Waals surface area contributed by atoms with Gasteiger partial charge in [-0.05, 0) is 25.0 Å². The van der Waals surface area contributed by atoms with Gasteiger partial charge < -0.3 is 0 Å². The highest BCUT2D eigenvalue weighted by Crippen LogP contribution is 2.46. The molecule has 4 aromatic rings. The van der Waals surface area contributed by atoms with Crippen molar-refractivity contribution in [2.45, 2.75) is 20.4 Å². The third-order valence-corrected chi connectivity index (χ3v) is 9.05. The molecule has 4 aromatic carbocycles. The van der Waals surface area contributed by atoms with E-state index in [0.717, 1.165) is 0 Å². The molecule has 0 saturated carbocycles. The van der Waals surface area contributed by atoms with Gasteiger partial charge in [-0.15, -0.1) is 0 Å². The fourth-order valence-corrected chi connectivity index (χ4v) is 7.34. The molecular formula is C27H26NP. The van der Waals surface area contributed by atoms with Crippen LogP contribution in [0.1, 0.15) is 16.7 Å². The number of aryl methyl sites for hydroxylation is 2. The maximum absolute atomic E-state index is 5.55. The van der Waals surface area contributed by atoms with Crippen LogP contribution in [-0.4, -0.2) is 0 Å². The molecule has 0 heterocycles. The summed E-state index contributed by atoms with van der Waals surface area (Å²) in [5, 5.41) is 3.88. The fraction of sp³-hybridized carbons (Fsp3) is 0.111. The average molecular weight is 395 g/mol. The van der Waals surface area contributed by atoms with Crippen molar-refractivity contribution in [2.24, 2.45) is 4.74 Å². The van der Waals surface area contributed by atoms with Gasteiger partial charge in [0.15, 0.2) is 0 Å². The number of hydrogen-bond acceptors (Lipinski definition) is 1. The van der Waals surface area contributed by atoms with Crippen LogP contribution in [-0.2, 0) is 6.54 Å². The number of hydrogen-bond donors (Lipinski definition) is 0. The first-order valence-corrected chi connectivity index (χ1v) is 11.8. The van der Waals surface area contributed by atoms with Crippen LogP contribution in [0.3, 0.4) is 0 Å². The lowest BCUT2D eigenvalue weighted by Crippen LogP contribution is -2.25. The van der Waals surface area contributed by atoms with Crippen LogP contribution < -0.4 is 15.9 Å². The maximum Gasteiger partial charge on any atom is 0.0639 e. The van der Waals surface area contributed by atoms with Crippen LogP contribution in [0.2, 0.25) is 0 Å². The molecule has 0 N–H and O–H groups in total. The van der Waals surface area contributed by atoms with Gasteiger partial charge in [-0.25, -0.2) is 0 Å². The second-order valence-corrected chi connectivity index (χ2v) is 10.5. The third kappa shape index (κ3) is 3.97. The lowest BCUT2D eigenvalue weighted by Gasteiger charge is -2.27. The van der Waals surface area contributed by atoms with Gasteiger partial charge in [0.2, 0.25) is 0 Å². The van der Waals surface area contributed by atoms with E-state index in [1.165, 1.54) is 32.6 Å². The molecule has 1 nitrogen and oxygen atoms in total. The van der Waals surface area contributed by atoms with E-state index in [1.807, 2.05) is 0 Å². The average Bonchev–Trinajstić information content (AvgIpc) is 2.79. The molecule has 0 unspecified atom stereocenters. The molecule has 0 saturated heterocycles. The Balaban J connectivity index is 2.01. The Labute approximate surface area is 174 Å². The van der Waals surface area contributed by atoms with E-state index in [-0.39, 0.29) is 0 Å². The van der Waals surface area contributed by atoms with Crippen molar-refractivity contribution < 1.29 is 0 Å². The lowest BCUT2D eigenvalue weighted by molar-refractivity contribution is 1.06. The van der Waals surface area contributed by atoms with Gasteiger partial charge in [0, 0.05) is 15.9 Å². The number of nitrogens with zero attached hydrogens (tertiary/aromatic N) is 1. The Hall–Kier alpha value is -2.89. The second-order valence-electron chi connectivity index (χ2n) is 7.37. The van der Waals surface area contributed by atoms with E-state index in [1.54, 1.807) is 0 Å². The standard InChI is InChI=1S/C27H26NP/c1-22-18-19-23(2)24(20-22)21-28-29(25-12-6-3-7-13-25,26-14-8-4-9-15-26)27-16-10-5-11-17-27/h3-20H,21H2,1-2H3. The monoisotopic (exact) mass is 395 g/mol. The van der Waals surface area contributed by atoms with Gasteiger partial charge in [0.05, 0.1) is 13.6 Å². The molecule has 0 amide bonds. The maximum atomic E-state index is 5.55. The summed E-state index contributed by atoms with van der Waals surface area (Å²) < 4.78 is 5.55. The van der Waals surface area contributed by atoms with Gasteiger partial charge in [0.25, 0.3) is 0 Å². The molecule has 4 rings (SSSR count). The van der Waals surface area contributed by atoms with E-state index in [4.69, 9.17) is 4.74 Å². The molecule has 2 heteroatoms. The summed E-state index contributed by atoms with van der Waals surface area (Å²) in [5.74, 6) is 0. The van der Waals surface area contributed by atoms with E-state index >= 15 is 0 Å². The van der Waals surface area contributed by atoms with Gasteiger partial charge >= 0.3 is 0 Å². The first-order valence-electron chi connectivity index (χ1n) is 10.0. The molecule has 29 heavy (non-hydrogen) atoms. The first-order chi connectivity index (χ1) is 14.2. The van der Waals surface area contributed by atoms with Crippen LogP contribution in [0.25, 0.3) is 0 Å². The fourth-order valence-electron chi connectivity index (χ4n) is 3.78. The largest absolute Gasteiger partial charge is 0.285 e. The summed E-state index contributed by atoms with van der Waals surface area (Å²) in [7, 11) is -2.13. The molecular weight excluding hydrogens is 369 g/mol. The second kappa shape index (κ2) is 8.64. The summed E-state index contributed by atoms with van der Waals surface area (Å²) in [6, 6.07) is 39.1. The third-order valence-electron chi connectivity index (χ3n) is 5.35. The van der Waals surface area contributed by atoms with Crippen LogP contribution in [0, 0.1) is 13.8 Å². The Kier molecular flexibility index (Phi) is 5.79. The predicted octanol–water partition coefficient (Wildman–Crippen LogP) is 5.98. The summed E-state index contributed by atoms with van der Waals surface area (Å²) in [5.41, 5.74) is 3.88. The molecule has 0 atom stereocenters. The minimum atomic E-state index is -2.13. The first kappa shape index (κ1) is 19.4. The van der Waals surface area contributed by atoms with Crippen molar-refractivity contribution >= 4 is 23.0 Å². The van der Waals surface area contributed by atoms with Gasteiger partial charge in [-0.2, -0.15) is 0 Å². The van der Waals surface area contributed by atoms with E-state index in [9.17, 15) is 0 Å². The molecule has 0 aliphatic heterocycles. The molecule has 0 aliphatic rings. The SMILES string of the molecule is Cc1ccc(C)c(CN=P(c2ccccc2)(c2ccccc2)c2ccccc2)c1. The van der Waals surface area contributed by atoms with Gasteiger partial charge in [0.1, 0.15) is 0 Å². The zero-order valence-corrected chi connectivity index (χ0v) is 17.9. The predicted molar refractivity (Wildman–Crippen MR) is 127 cm³/mol. The summed E-state index contributed by atoms with van der Waals surface area (Å²) in [4.78, 5) is 0. The molecule has 0 fully saturated rings. The van der Waals surface area contributed by atoms with Gasteiger partial charge in [-0.1, -0.05) is 115 Å². The van der Waals surface area contributed by atoms with Crippen LogP contribution in [0.15, 0.2) is 114 Å². The van der Waals surface area contributed by atoms with Crippen LogP contribution in [0.4, 0.5) is 0 Å². The van der Waals surface area contributed by atoms with E-state index in [0.29, 0.717) is 6.54 Å². The minimum Gasteiger partial charge on any atom is -0.285 e. The zero-order valence-electron chi connectivity index (χ0n) is 17.0. The Bertz CT molecular complexity index is 1030. The summed E-state index contributed by atoms with van der Waals surface area (Å²) >= 11 is 0. The molecule has 0 aromatic heterocycles. The smallest absolute Gasteiger partial charge is 0.0639 e. The Morgan fingerprint density at radius 1 is 0.586 bits per heavy atom. The molecule has 0 bridgehead atoms. The topological polar surface area (TPSA) is 12.4 Å². The quantitative estimate of drug-likeness (QED) is 0.369. The number of benzene rings is 4. The Morgan fingerprint density at radius 2 is 1.03 bits per heavy atom. The zero-order chi connectivity index (χ0) is 20.1. The highest BCUT2D eigenvalue weighted by Gasteiger charge is 2.26. The van der Waals surface area contributed by atoms with Gasteiger partial charge in [-0.3, -0.25) is 4.74 Å². The van der Waals surface area contributed by atoms with Crippen LogP contribution in [0.5, 0.6) is 0 Å². The normalized spacial score (nSPS) is 11.2. The highest BCUT2D eigenvalue weighted by atomic mass is 31.2. The molecule has 0 aliphatic carbocycles. The van der Waals surface area contributed by atoms with Crippen molar-refractivity contribution in [3.05, 3.63) is 126 Å². The summed E-state index contributed by atoms with van der Waals surface area (Å²) in [6.45, 7) is 5.04. The van der Waals surface area contributed by atoms with E-state index < -0.39 is 7.05 Å². The highest BCUT2D eigenvalue weighted by molar-refractivity contribution is 7.87. The van der Waals surface area contributed by atoms with Crippen molar-refractivity contribution in [3.8, 4) is 0 Å². The van der Waals surface area contributed by atoms with Crippen molar-refractivity contribution in [1.82, 2.24) is 0 Å². The lowest BCUT2D eigenvalue weighted by atomic mass is 10.1. The number of rotatable bonds is 5. The minimum absolute atomic E-state index is 0.708. The van der Waals surface area contributed by atoms with Crippen molar-refractivity contribution in [2.75, 3.05) is 0 Å². The molecule has 0 spiro atoms. The molecule has 0 radical (unpaired) electrons. The molecule has 144 valence electrons. The van der Waals surface area contributed by atoms with Crippen molar-refractivity contribution in [1.29, 1.82) is 0 Å². The summed E-state index contributed by atoms with van der Waals surface area (Å²) in [6.07, 6.45) is 0. The van der Waals surface area contributed by atoms with E-state index in [2.05, 4.69) is 123 Å².